The van der Waals surface area contributed by atoms with Gasteiger partial charge < -0.3 is 15.5 Å². The lowest BCUT2D eigenvalue weighted by atomic mass is 9.96. The van der Waals surface area contributed by atoms with E-state index in [1.54, 1.807) is 12.1 Å². The smallest absolute Gasteiger partial charge is 0.372 e. The number of carbonyl (C=O) groups excluding carboxylic acids is 2. The van der Waals surface area contributed by atoms with Gasteiger partial charge in [0.05, 0.1) is 18.4 Å². The van der Waals surface area contributed by atoms with Crippen molar-refractivity contribution in [3.8, 4) is 0 Å². The molecule has 0 saturated carbocycles. The summed E-state index contributed by atoms with van der Waals surface area (Å²) in [5, 5.41) is 16.6. The molecule has 2 heterocycles. The highest BCUT2D eigenvalue weighted by molar-refractivity contribution is 5.88. The minimum Gasteiger partial charge on any atom is -0.372 e. The van der Waals surface area contributed by atoms with Crippen molar-refractivity contribution in [3.05, 3.63) is 54.1 Å². The molecule has 1 atom stereocenters. The van der Waals surface area contributed by atoms with Gasteiger partial charge in [-0.25, -0.2) is 5.06 Å². The second-order valence-corrected chi connectivity index (χ2v) is 8.77. The molecule has 4 rings (SSSR count). The van der Waals surface area contributed by atoms with Crippen molar-refractivity contribution in [2.45, 2.75) is 32.0 Å². The fraction of sp³-hybridized carbons (Fsp3) is 0.417. The van der Waals surface area contributed by atoms with Crippen LogP contribution in [0.25, 0.3) is 0 Å². The zero-order valence-electron chi connectivity index (χ0n) is 18.5. The standard InChI is InChI=1S/C24H27F3N4O3/c25-24(26,27)18-9-11-30(12-10-18)21-7-5-20(6-8-21)29-19-3-1-16(2-4-19)15-31(34)23(33)17-13-22(32)28-14-17/h1-8,17-18,29,34H,9-15H2,(H,28,32). The minimum atomic E-state index is -4.12. The number of hydroxylamine groups is 2. The van der Waals surface area contributed by atoms with Gasteiger partial charge in [-0.1, -0.05) is 12.1 Å². The van der Waals surface area contributed by atoms with E-state index in [2.05, 4.69) is 10.6 Å². The lowest BCUT2D eigenvalue weighted by Crippen LogP contribution is -2.38. The number of nitrogens with zero attached hydrogens (tertiary/aromatic N) is 2. The van der Waals surface area contributed by atoms with Crippen molar-refractivity contribution >= 4 is 28.9 Å². The lowest BCUT2D eigenvalue weighted by Gasteiger charge is -2.34. The van der Waals surface area contributed by atoms with Crippen LogP contribution in [-0.4, -0.2) is 47.9 Å². The predicted octanol–water partition coefficient (Wildman–Crippen LogP) is 4.06. The van der Waals surface area contributed by atoms with Gasteiger partial charge >= 0.3 is 6.18 Å². The maximum absolute atomic E-state index is 12.9. The molecule has 2 aliphatic heterocycles. The number of benzene rings is 2. The lowest BCUT2D eigenvalue weighted by molar-refractivity contribution is -0.179. The molecule has 10 heteroatoms. The van der Waals surface area contributed by atoms with Gasteiger partial charge in [0.15, 0.2) is 0 Å². The van der Waals surface area contributed by atoms with E-state index in [1.807, 2.05) is 41.3 Å². The zero-order valence-corrected chi connectivity index (χ0v) is 18.5. The molecule has 2 fully saturated rings. The number of nitrogens with one attached hydrogen (secondary N) is 2. The van der Waals surface area contributed by atoms with E-state index in [-0.39, 0.29) is 38.3 Å². The number of carbonyl (C=O) groups is 2. The van der Waals surface area contributed by atoms with Crippen LogP contribution in [0.1, 0.15) is 24.8 Å². The monoisotopic (exact) mass is 476 g/mol. The summed E-state index contributed by atoms with van der Waals surface area (Å²) < 4.78 is 38.6. The fourth-order valence-electron chi connectivity index (χ4n) is 4.32. The van der Waals surface area contributed by atoms with E-state index < -0.39 is 23.9 Å². The number of halogens is 3. The third-order valence-corrected chi connectivity index (χ3v) is 6.35. The summed E-state index contributed by atoms with van der Waals surface area (Å²) >= 11 is 0. The van der Waals surface area contributed by atoms with Crippen molar-refractivity contribution in [2.75, 3.05) is 29.9 Å². The molecule has 2 aliphatic rings. The Morgan fingerprint density at radius 1 is 1.06 bits per heavy atom. The Morgan fingerprint density at radius 3 is 2.18 bits per heavy atom. The van der Waals surface area contributed by atoms with Crippen LogP contribution in [0.3, 0.4) is 0 Å². The molecule has 0 bridgehead atoms. The molecule has 2 saturated heterocycles. The van der Waals surface area contributed by atoms with Gasteiger partial charge in [0.2, 0.25) is 5.91 Å². The van der Waals surface area contributed by atoms with E-state index in [0.717, 1.165) is 22.6 Å². The number of alkyl halides is 3. The van der Waals surface area contributed by atoms with Gasteiger partial charge in [-0.15, -0.1) is 0 Å². The molecule has 0 spiro atoms. The van der Waals surface area contributed by atoms with Crippen LogP contribution in [-0.2, 0) is 16.1 Å². The van der Waals surface area contributed by atoms with Gasteiger partial charge in [-0.3, -0.25) is 14.8 Å². The van der Waals surface area contributed by atoms with E-state index in [1.165, 1.54) is 0 Å². The van der Waals surface area contributed by atoms with Crippen molar-refractivity contribution in [3.63, 3.8) is 0 Å². The van der Waals surface area contributed by atoms with Crippen LogP contribution in [0, 0.1) is 11.8 Å². The topological polar surface area (TPSA) is 84.9 Å². The van der Waals surface area contributed by atoms with Crippen LogP contribution >= 0.6 is 0 Å². The first-order valence-electron chi connectivity index (χ1n) is 11.2. The second kappa shape index (κ2) is 9.92. The normalized spacial score (nSPS) is 19.1. The number of rotatable bonds is 6. The molecule has 2 aromatic rings. The number of piperidine rings is 1. The number of anilines is 3. The molecule has 7 nitrogen and oxygen atoms in total. The first kappa shape index (κ1) is 23.9. The molecule has 3 N–H and O–H groups in total. The predicted molar refractivity (Wildman–Crippen MR) is 121 cm³/mol. The summed E-state index contributed by atoms with van der Waals surface area (Å²) in [6, 6.07) is 14.8. The average Bonchev–Trinajstić information content (AvgIpc) is 3.26. The maximum Gasteiger partial charge on any atom is 0.391 e. The Hall–Kier alpha value is -3.27. The van der Waals surface area contributed by atoms with E-state index in [0.29, 0.717) is 18.2 Å². The van der Waals surface area contributed by atoms with Crippen LogP contribution < -0.4 is 15.5 Å². The van der Waals surface area contributed by atoms with Gasteiger partial charge in [0, 0.05) is 43.1 Å². The molecule has 1 unspecified atom stereocenters. The number of amides is 2. The van der Waals surface area contributed by atoms with Crippen molar-refractivity contribution in [1.82, 2.24) is 10.4 Å². The maximum atomic E-state index is 12.9. The molecule has 0 radical (unpaired) electrons. The summed E-state index contributed by atoms with van der Waals surface area (Å²) in [6.45, 7) is 1.03. The van der Waals surface area contributed by atoms with Gasteiger partial charge in [0.1, 0.15) is 0 Å². The Balaban J connectivity index is 1.28. The third kappa shape index (κ3) is 5.80. The van der Waals surface area contributed by atoms with Gasteiger partial charge in [-0.2, -0.15) is 13.2 Å². The molecule has 2 amide bonds. The van der Waals surface area contributed by atoms with Gasteiger partial charge in [0.25, 0.3) is 5.91 Å². The highest BCUT2D eigenvalue weighted by Gasteiger charge is 2.41. The highest BCUT2D eigenvalue weighted by Crippen LogP contribution is 2.35. The van der Waals surface area contributed by atoms with Crippen LogP contribution in [0.2, 0.25) is 0 Å². The number of hydrogen-bond acceptors (Lipinski definition) is 5. The van der Waals surface area contributed by atoms with Crippen molar-refractivity contribution in [2.24, 2.45) is 11.8 Å². The fourth-order valence-corrected chi connectivity index (χ4v) is 4.32. The summed E-state index contributed by atoms with van der Waals surface area (Å²) in [6.07, 6.45) is -3.80. The molecule has 2 aromatic carbocycles. The number of hydrogen-bond donors (Lipinski definition) is 3. The largest absolute Gasteiger partial charge is 0.391 e. The first-order valence-corrected chi connectivity index (χ1v) is 11.2. The Labute approximate surface area is 195 Å². The SMILES string of the molecule is O=C1CC(C(=O)N(O)Cc2ccc(Nc3ccc(N4CCC(C(F)(F)F)CC4)cc3)cc2)CN1. The summed E-state index contributed by atoms with van der Waals surface area (Å²) in [5.41, 5.74) is 3.27. The first-order chi connectivity index (χ1) is 16.2. The van der Waals surface area contributed by atoms with Crippen LogP contribution in [0.5, 0.6) is 0 Å². The van der Waals surface area contributed by atoms with E-state index >= 15 is 0 Å². The summed E-state index contributed by atoms with van der Waals surface area (Å²) in [7, 11) is 0. The van der Waals surface area contributed by atoms with Crippen LogP contribution in [0.15, 0.2) is 48.5 Å². The Bertz CT molecular complexity index is 1000. The summed E-state index contributed by atoms with van der Waals surface area (Å²) in [5.74, 6) is -2.44. The summed E-state index contributed by atoms with van der Waals surface area (Å²) in [4.78, 5) is 25.5. The third-order valence-electron chi connectivity index (χ3n) is 6.35. The second-order valence-electron chi connectivity index (χ2n) is 8.77. The molecular formula is C24H27F3N4O3. The Kier molecular flexibility index (Phi) is 6.97. The molecular weight excluding hydrogens is 449 g/mol. The van der Waals surface area contributed by atoms with E-state index in [9.17, 15) is 28.0 Å². The molecule has 0 aliphatic carbocycles. The average molecular weight is 476 g/mol. The molecule has 34 heavy (non-hydrogen) atoms. The van der Waals surface area contributed by atoms with Crippen molar-refractivity contribution in [1.29, 1.82) is 0 Å². The minimum absolute atomic E-state index is 0.0174. The van der Waals surface area contributed by atoms with Crippen molar-refractivity contribution < 1.29 is 28.0 Å². The van der Waals surface area contributed by atoms with Crippen LogP contribution in [0.4, 0.5) is 30.2 Å². The molecule has 182 valence electrons. The Morgan fingerprint density at radius 2 is 1.65 bits per heavy atom. The highest BCUT2D eigenvalue weighted by atomic mass is 19.4. The van der Waals surface area contributed by atoms with Gasteiger partial charge in [-0.05, 0) is 54.8 Å². The molecule has 0 aromatic heterocycles. The zero-order chi connectivity index (χ0) is 24.3. The quantitative estimate of drug-likeness (QED) is 0.433. The van der Waals surface area contributed by atoms with E-state index in [4.69, 9.17) is 0 Å².